The van der Waals surface area contributed by atoms with Crippen molar-refractivity contribution in [1.29, 1.82) is 0 Å². The lowest BCUT2D eigenvalue weighted by Crippen LogP contribution is -2.24. The van der Waals surface area contributed by atoms with Crippen molar-refractivity contribution in [2.45, 2.75) is 20.4 Å². The van der Waals surface area contributed by atoms with Gasteiger partial charge in [0.1, 0.15) is 5.75 Å². The van der Waals surface area contributed by atoms with Gasteiger partial charge in [-0.25, -0.2) is 9.97 Å². The van der Waals surface area contributed by atoms with Crippen LogP contribution in [0.15, 0.2) is 67.0 Å². The summed E-state index contributed by atoms with van der Waals surface area (Å²) in [5.74, 6) is 1.12. The van der Waals surface area contributed by atoms with Crippen molar-refractivity contribution in [2.75, 3.05) is 23.4 Å². The average molecular weight is 376 g/mol. The minimum atomic E-state index is -0.248. The van der Waals surface area contributed by atoms with Crippen LogP contribution in [0.2, 0.25) is 0 Å². The second-order valence-electron chi connectivity index (χ2n) is 6.18. The van der Waals surface area contributed by atoms with Gasteiger partial charge in [0.05, 0.1) is 12.2 Å². The number of ether oxygens (including phenoxy) is 1. The van der Waals surface area contributed by atoms with Gasteiger partial charge in [-0.1, -0.05) is 30.3 Å². The van der Waals surface area contributed by atoms with Crippen molar-refractivity contribution in [2.24, 2.45) is 0 Å². The fraction of sp³-hybridized carbons (Fsp3) is 0.227. The zero-order valence-corrected chi connectivity index (χ0v) is 16.1. The third kappa shape index (κ3) is 5.07. The molecule has 1 aromatic heterocycles. The molecular formula is C22H24N4O2. The van der Waals surface area contributed by atoms with Crippen molar-refractivity contribution >= 4 is 17.5 Å². The third-order valence-corrected chi connectivity index (χ3v) is 4.20. The molecule has 3 rings (SSSR count). The van der Waals surface area contributed by atoms with Crippen LogP contribution in [0, 0.1) is 0 Å². The Hall–Kier alpha value is -3.41. The number of carbonyl (C=O) groups excluding carboxylic acids is 1. The van der Waals surface area contributed by atoms with Crippen LogP contribution in [-0.4, -0.2) is 29.0 Å². The molecule has 0 aliphatic carbocycles. The molecule has 0 aliphatic rings. The molecule has 0 aliphatic heterocycles. The van der Waals surface area contributed by atoms with Crippen LogP contribution in [0.4, 0.5) is 11.6 Å². The van der Waals surface area contributed by atoms with Crippen LogP contribution in [-0.2, 0) is 6.54 Å². The van der Waals surface area contributed by atoms with Gasteiger partial charge >= 0.3 is 0 Å². The SMILES string of the molecule is CCOc1ccc(NC(=O)c2cnc(N(CC)Cc3ccccc3)nc2)cc1. The molecule has 0 saturated carbocycles. The molecule has 0 fully saturated rings. The molecule has 0 bridgehead atoms. The van der Waals surface area contributed by atoms with Crippen LogP contribution < -0.4 is 15.0 Å². The van der Waals surface area contributed by atoms with Crippen molar-refractivity contribution in [3.8, 4) is 5.75 Å². The van der Waals surface area contributed by atoms with E-state index in [9.17, 15) is 4.79 Å². The number of hydrogen-bond acceptors (Lipinski definition) is 5. The summed E-state index contributed by atoms with van der Waals surface area (Å²) in [4.78, 5) is 23.3. The molecule has 6 heteroatoms. The maximum Gasteiger partial charge on any atom is 0.258 e. The molecule has 0 radical (unpaired) electrons. The van der Waals surface area contributed by atoms with Gasteiger partial charge in [0, 0.05) is 31.2 Å². The summed E-state index contributed by atoms with van der Waals surface area (Å²) in [6, 6.07) is 17.4. The largest absolute Gasteiger partial charge is 0.494 e. The molecule has 1 amide bonds. The summed E-state index contributed by atoms with van der Waals surface area (Å²) in [6.07, 6.45) is 3.11. The number of nitrogens with one attached hydrogen (secondary N) is 1. The Morgan fingerprint density at radius 1 is 1.00 bits per heavy atom. The number of benzene rings is 2. The predicted octanol–water partition coefficient (Wildman–Crippen LogP) is 4.15. The number of carbonyl (C=O) groups is 1. The van der Waals surface area contributed by atoms with Crippen LogP contribution in [0.3, 0.4) is 0 Å². The van der Waals surface area contributed by atoms with E-state index in [0.717, 1.165) is 18.8 Å². The van der Waals surface area contributed by atoms with Gasteiger partial charge in [-0.2, -0.15) is 0 Å². The van der Waals surface area contributed by atoms with Crippen LogP contribution >= 0.6 is 0 Å². The van der Waals surface area contributed by atoms with Crippen molar-refractivity contribution in [1.82, 2.24) is 9.97 Å². The molecule has 1 heterocycles. The fourth-order valence-electron chi connectivity index (χ4n) is 2.73. The van der Waals surface area contributed by atoms with Gasteiger partial charge < -0.3 is 15.0 Å². The standard InChI is InChI=1S/C22H24N4O2/c1-3-26(16-17-8-6-5-7-9-17)22-23-14-18(15-24-22)21(27)25-19-10-12-20(13-11-19)28-4-2/h5-15H,3-4,16H2,1-2H3,(H,25,27). The zero-order chi connectivity index (χ0) is 19.8. The molecule has 2 aromatic carbocycles. The van der Waals surface area contributed by atoms with Crippen molar-refractivity contribution < 1.29 is 9.53 Å². The van der Waals surface area contributed by atoms with E-state index in [-0.39, 0.29) is 5.91 Å². The number of anilines is 2. The van der Waals surface area contributed by atoms with Gasteiger partial charge in [0.2, 0.25) is 5.95 Å². The minimum absolute atomic E-state index is 0.248. The first-order valence-corrected chi connectivity index (χ1v) is 9.34. The van der Waals surface area contributed by atoms with Crippen molar-refractivity contribution in [3.05, 3.63) is 78.1 Å². The third-order valence-electron chi connectivity index (χ3n) is 4.20. The van der Waals surface area contributed by atoms with Crippen LogP contribution in [0.1, 0.15) is 29.8 Å². The summed E-state index contributed by atoms with van der Waals surface area (Å²) in [5.41, 5.74) is 2.29. The van der Waals surface area contributed by atoms with Gasteiger partial charge in [-0.05, 0) is 43.7 Å². The Morgan fingerprint density at radius 2 is 1.68 bits per heavy atom. The van der Waals surface area contributed by atoms with E-state index in [2.05, 4.69) is 39.2 Å². The van der Waals surface area contributed by atoms with Crippen LogP contribution in [0.5, 0.6) is 5.75 Å². The van der Waals surface area contributed by atoms with E-state index in [4.69, 9.17) is 4.74 Å². The monoisotopic (exact) mass is 376 g/mol. The van der Waals surface area contributed by atoms with Gasteiger partial charge in [0.25, 0.3) is 5.91 Å². The molecule has 0 spiro atoms. The predicted molar refractivity (Wildman–Crippen MR) is 111 cm³/mol. The zero-order valence-electron chi connectivity index (χ0n) is 16.1. The number of aromatic nitrogens is 2. The van der Waals surface area contributed by atoms with E-state index in [1.54, 1.807) is 24.5 Å². The molecule has 28 heavy (non-hydrogen) atoms. The van der Waals surface area contributed by atoms with Crippen LogP contribution in [0.25, 0.3) is 0 Å². The molecule has 144 valence electrons. The lowest BCUT2D eigenvalue weighted by atomic mass is 10.2. The minimum Gasteiger partial charge on any atom is -0.494 e. The molecule has 0 saturated heterocycles. The highest BCUT2D eigenvalue weighted by molar-refractivity contribution is 6.03. The smallest absolute Gasteiger partial charge is 0.258 e. The van der Waals surface area contributed by atoms with E-state index < -0.39 is 0 Å². The maximum atomic E-state index is 12.4. The molecule has 6 nitrogen and oxygen atoms in total. The summed E-state index contributed by atoms with van der Waals surface area (Å²) in [5, 5.41) is 2.84. The highest BCUT2D eigenvalue weighted by Crippen LogP contribution is 2.17. The van der Waals surface area contributed by atoms with E-state index in [0.29, 0.717) is 23.8 Å². The summed E-state index contributed by atoms with van der Waals surface area (Å²) >= 11 is 0. The molecular weight excluding hydrogens is 352 g/mol. The Bertz CT molecular complexity index is 881. The molecule has 3 aromatic rings. The number of rotatable bonds is 8. The Kier molecular flexibility index (Phi) is 6.57. The lowest BCUT2D eigenvalue weighted by molar-refractivity contribution is 0.102. The lowest BCUT2D eigenvalue weighted by Gasteiger charge is -2.20. The summed E-state index contributed by atoms with van der Waals surface area (Å²) < 4.78 is 5.40. The highest BCUT2D eigenvalue weighted by Gasteiger charge is 2.12. The highest BCUT2D eigenvalue weighted by atomic mass is 16.5. The average Bonchev–Trinajstić information content (AvgIpc) is 2.74. The van der Waals surface area contributed by atoms with Crippen molar-refractivity contribution in [3.63, 3.8) is 0 Å². The first kappa shape index (κ1) is 19.4. The second kappa shape index (κ2) is 9.50. The number of amides is 1. The Morgan fingerprint density at radius 3 is 2.29 bits per heavy atom. The Balaban J connectivity index is 1.64. The first-order valence-electron chi connectivity index (χ1n) is 9.34. The number of hydrogen-bond donors (Lipinski definition) is 1. The maximum absolute atomic E-state index is 12.4. The topological polar surface area (TPSA) is 67.3 Å². The molecule has 0 atom stereocenters. The van der Waals surface area contributed by atoms with E-state index in [1.807, 2.05) is 37.3 Å². The van der Waals surface area contributed by atoms with E-state index >= 15 is 0 Å². The van der Waals surface area contributed by atoms with Gasteiger partial charge in [-0.15, -0.1) is 0 Å². The Labute approximate surface area is 165 Å². The fourth-order valence-corrected chi connectivity index (χ4v) is 2.73. The molecule has 0 unspecified atom stereocenters. The van der Waals surface area contributed by atoms with E-state index in [1.165, 1.54) is 5.56 Å². The second-order valence-corrected chi connectivity index (χ2v) is 6.18. The summed E-state index contributed by atoms with van der Waals surface area (Å²) in [7, 11) is 0. The quantitative estimate of drug-likeness (QED) is 0.640. The number of nitrogens with zero attached hydrogens (tertiary/aromatic N) is 3. The first-order chi connectivity index (χ1) is 13.7. The normalized spacial score (nSPS) is 10.4. The molecule has 1 N–H and O–H groups in total. The summed E-state index contributed by atoms with van der Waals surface area (Å²) in [6.45, 7) is 6.08. The van der Waals surface area contributed by atoms with Gasteiger partial charge in [0.15, 0.2) is 0 Å². The van der Waals surface area contributed by atoms with Gasteiger partial charge in [-0.3, -0.25) is 4.79 Å².